The van der Waals surface area contributed by atoms with Gasteiger partial charge in [0.05, 0.1) is 0 Å². The first-order valence-electron chi connectivity index (χ1n) is 21.3. The van der Waals surface area contributed by atoms with E-state index in [2.05, 4.69) is 34.6 Å². The third kappa shape index (κ3) is 34.6. The van der Waals surface area contributed by atoms with Crippen molar-refractivity contribution in [1.82, 2.24) is 0 Å². The molecule has 0 aromatic heterocycles. The maximum absolute atomic E-state index is 12.6. The van der Waals surface area contributed by atoms with Crippen LogP contribution in [0.2, 0.25) is 0 Å². The zero-order valence-corrected chi connectivity index (χ0v) is 33.3. The molecule has 0 aliphatic carbocycles. The fraction of sp³-hybridized carbons (Fsp3) is 0.930. The van der Waals surface area contributed by atoms with E-state index in [1.807, 2.05) is 0 Å². The van der Waals surface area contributed by atoms with E-state index < -0.39 is 6.10 Å². The van der Waals surface area contributed by atoms with Crippen molar-refractivity contribution in [2.45, 2.75) is 233 Å². The highest BCUT2D eigenvalue weighted by atomic mass is 16.6. The monoisotopic (exact) mass is 695 g/mol. The van der Waals surface area contributed by atoms with Crippen LogP contribution in [0, 0.1) is 11.8 Å². The number of ether oxygens (including phenoxy) is 3. The van der Waals surface area contributed by atoms with Crippen LogP contribution in [0.25, 0.3) is 0 Å². The Bertz CT molecular complexity index is 753. The lowest BCUT2D eigenvalue weighted by atomic mass is 9.99. The molecular weight excluding hydrogens is 612 g/mol. The standard InChI is InChI=1S/C43H82O6/c1-6-9-10-11-12-13-18-25-30-35-43(46)49-40(37-48-42(45)34-29-24-20-19-22-27-32-39(5)8-3)36-47-41(44)33-28-23-17-15-14-16-21-26-31-38(4)7-2/h38-40H,6-37H2,1-5H3/t38?,39?,40-/m0/s1. The second-order valence-corrected chi connectivity index (χ2v) is 15.1. The van der Waals surface area contributed by atoms with Crippen molar-refractivity contribution in [1.29, 1.82) is 0 Å². The minimum Gasteiger partial charge on any atom is -0.462 e. The highest BCUT2D eigenvalue weighted by Gasteiger charge is 2.19. The number of hydrogen-bond donors (Lipinski definition) is 0. The Labute approximate surface area is 304 Å². The molecule has 0 aliphatic heterocycles. The summed E-state index contributed by atoms with van der Waals surface area (Å²) in [5.74, 6) is 0.794. The fourth-order valence-corrected chi connectivity index (χ4v) is 6.16. The first-order chi connectivity index (χ1) is 23.8. The molecule has 0 amide bonds. The number of esters is 3. The molecule has 0 radical (unpaired) electrons. The molecule has 0 saturated carbocycles. The quantitative estimate of drug-likeness (QED) is 0.0366. The van der Waals surface area contributed by atoms with Gasteiger partial charge in [0.15, 0.2) is 6.10 Å². The van der Waals surface area contributed by atoms with Crippen LogP contribution in [0.3, 0.4) is 0 Å². The average Bonchev–Trinajstić information content (AvgIpc) is 3.10. The minimum absolute atomic E-state index is 0.0666. The molecule has 49 heavy (non-hydrogen) atoms. The molecule has 290 valence electrons. The fourth-order valence-electron chi connectivity index (χ4n) is 6.16. The van der Waals surface area contributed by atoms with Crippen molar-refractivity contribution in [3.63, 3.8) is 0 Å². The largest absolute Gasteiger partial charge is 0.462 e. The molecule has 6 heteroatoms. The van der Waals surface area contributed by atoms with Crippen molar-refractivity contribution in [2.24, 2.45) is 11.8 Å². The Morgan fingerprint density at radius 2 is 0.714 bits per heavy atom. The Kier molecular flexibility index (Phi) is 35.0. The van der Waals surface area contributed by atoms with Crippen LogP contribution in [0.1, 0.15) is 227 Å². The van der Waals surface area contributed by atoms with E-state index in [4.69, 9.17) is 14.2 Å². The van der Waals surface area contributed by atoms with Gasteiger partial charge >= 0.3 is 17.9 Å². The van der Waals surface area contributed by atoms with Gasteiger partial charge in [0.2, 0.25) is 0 Å². The summed E-state index contributed by atoms with van der Waals surface area (Å²) in [6.45, 7) is 11.3. The summed E-state index contributed by atoms with van der Waals surface area (Å²) in [6, 6.07) is 0. The topological polar surface area (TPSA) is 78.9 Å². The first kappa shape index (κ1) is 47.4. The molecule has 0 N–H and O–H groups in total. The normalized spacial score (nSPS) is 13.2. The summed E-state index contributed by atoms with van der Waals surface area (Å²) in [6.07, 6.45) is 32.3. The van der Waals surface area contributed by atoms with Gasteiger partial charge in [-0.25, -0.2) is 0 Å². The Hall–Kier alpha value is -1.59. The maximum atomic E-state index is 12.6. The number of carbonyl (C=O) groups is 3. The molecule has 3 atom stereocenters. The highest BCUT2D eigenvalue weighted by Crippen LogP contribution is 2.17. The summed E-state index contributed by atoms with van der Waals surface area (Å²) in [5.41, 5.74) is 0. The van der Waals surface area contributed by atoms with Crippen LogP contribution in [-0.2, 0) is 28.6 Å². The Morgan fingerprint density at radius 1 is 0.408 bits per heavy atom. The van der Waals surface area contributed by atoms with Gasteiger partial charge < -0.3 is 14.2 Å². The lowest BCUT2D eigenvalue weighted by Gasteiger charge is -2.18. The van der Waals surface area contributed by atoms with Crippen molar-refractivity contribution in [2.75, 3.05) is 13.2 Å². The summed E-state index contributed by atoms with van der Waals surface area (Å²) in [7, 11) is 0. The molecule has 0 spiro atoms. The highest BCUT2D eigenvalue weighted by molar-refractivity contribution is 5.71. The third-order valence-electron chi connectivity index (χ3n) is 10.2. The van der Waals surface area contributed by atoms with Crippen LogP contribution in [0.5, 0.6) is 0 Å². The molecule has 0 fully saturated rings. The SMILES string of the molecule is CCCCCCCCCCCC(=O)O[C@@H](COC(=O)CCCCCCCCCCC(C)CC)COC(=O)CCCCCCCCC(C)CC. The van der Waals surface area contributed by atoms with E-state index in [1.165, 1.54) is 116 Å². The summed E-state index contributed by atoms with van der Waals surface area (Å²) >= 11 is 0. The summed E-state index contributed by atoms with van der Waals surface area (Å²) in [5, 5.41) is 0. The average molecular weight is 695 g/mol. The number of rotatable bonds is 37. The molecule has 0 rings (SSSR count). The molecule has 2 unspecified atom stereocenters. The molecular formula is C43H82O6. The molecule has 0 saturated heterocycles. The summed E-state index contributed by atoms with van der Waals surface area (Å²) in [4.78, 5) is 37.5. The molecule has 0 heterocycles. The van der Waals surface area contributed by atoms with Gasteiger partial charge in [-0.1, -0.05) is 189 Å². The number of unbranched alkanes of at least 4 members (excludes halogenated alkanes) is 20. The van der Waals surface area contributed by atoms with Crippen LogP contribution >= 0.6 is 0 Å². The summed E-state index contributed by atoms with van der Waals surface area (Å²) < 4.78 is 16.6. The van der Waals surface area contributed by atoms with Crippen LogP contribution in [0.4, 0.5) is 0 Å². The second kappa shape index (κ2) is 36.2. The number of carbonyl (C=O) groups excluding carboxylic acids is 3. The zero-order valence-electron chi connectivity index (χ0n) is 33.3. The van der Waals surface area contributed by atoms with Gasteiger partial charge in [-0.15, -0.1) is 0 Å². The van der Waals surface area contributed by atoms with Crippen molar-refractivity contribution >= 4 is 17.9 Å². The van der Waals surface area contributed by atoms with E-state index in [0.717, 1.165) is 69.6 Å². The van der Waals surface area contributed by atoms with E-state index >= 15 is 0 Å². The van der Waals surface area contributed by atoms with Crippen LogP contribution < -0.4 is 0 Å². The Morgan fingerprint density at radius 3 is 1.06 bits per heavy atom. The van der Waals surface area contributed by atoms with Gasteiger partial charge in [0.25, 0.3) is 0 Å². The molecule has 0 bridgehead atoms. The predicted molar refractivity (Wildman–Crippen MR) is 206 cm³/mol. The van der Waals surface area contributed by atoms with Gasteiger partial charge in [-0.05, 0) is 31.1 Å². The van der Waals surface area contributed by atoms with Gasteiger partial charge in [-0.2, -0.15) is 0 Å². The smallest absolute Gasteiger partial charge is 0.306 e. The van der Waals surface area contributed by atoms with Gasteiger partial charge in [-0.3, -0.25) is 14.4 Å². The molecule has 0 aromatic rings. The van der Waals surface area contributed by atoms with E-state index in [0.29, 0.717) is 19.3 Å². The zero-order chi connectivity index (χ0) is 36.2. The van der Waals surface area contributed by atoms with Crippen molar-refractivity contribution in [3.8, 4) is 0 Å². The lowest BCUT2D eigenvalue weighted by Crippen LogP contribution is -2.30. The Balaban J connectivity index is 4.36. The maximum Gasteiger partial charge on any atom is 0.306 e. The minimum atomic E-state index is -0.759. The molecule has 6 nitrogen and oxygen atoms in total. The van der Waals surface area contributed by atoms with E-state index in [1.54, 1.807) is 0 Å². The van der Waals surface area contributed by atoms with Crippen molar-refractivity contribution < 1.29 is 28.6 Å². The molecule has 0 aliphatic rings. The van der Waals surface area contributed by atoms with Gasteiger partial charge in [0.1, 0.15) is 13.2 Å². The predicted octanol–water partition coefficient (Wildman–Crippen LogP) is 13.0. The first-order valence-corrected chi connectivity index (χ1v) is 21.3. The third-order valence-corrected chi connectivity index (χ3v) is 10.2. The van der Waals surface area contributed by atoms with Crippen LogP contribution in [-0.4, -0.2) is 37.2 Å². The molecule has 0 aromatic carbocycles. The number of hydrogen-bond acceptors (Lipinski definition) is 6. The van der Waals surface area contributed by atoms with E-state index in [9.17, 15) is 14.4 Å². The van der Waals surface area contributed by atoms with Gasteiger partial charge in [0, 0.05) is 19.3 Å². The van der Waals surface area contributed by atoms with Crippen molar-refractivity contribution in [3.05, 3.63) is 0 Å². The van der Waals surface area contributed by atoms with E-state index in [-0.39, 0.29) is 31.1 Å². The lowest BCUT2D eigenvalue weighted by molar-refractivity contribution is -0.167. The second-order valence-electron chi connectivity index (χ2n) is 15.1. The van der Waals surface area contributed by atoms with Crippen LogP contribution in [0.15, 0.2) is 0 Å².